The molecule has 6 rings (SSSR count). The van der Waals surface area contributed by atoms with Crippen molar-refractivity contribution in [2.75, 3.05) is 6.54 Å². The molecule has 0 amide bonds. The van der Waals surface area contributed by atoms with E-state index in [9.17, 15) is 0 Å². The first kappa shape index (κ1) is 23.9. The number of ether oxygens (including phenoxy) is 1. The van der Waals surface area contributed by atoms with Crippen molar-refractivity contribution in [1.29, 1.82) is 0 Å². The second-order valence-corrected chi connectivity index (χ2v) is 12.7. The van der Waals surface area contributed by atoms with E-state index in [-0.39, 0.29) is 10.8 Å². The maximum Gasteiger partial charge on any atom is 0.280 e. The van der Waals surface area contributed by atoms with Crippen LogP contribution in [0.5, 0.6) is 11.5 Å². The van der Waals surface area contributed by atoms with E-state index in [0.29, 0.717) is 4.59 Å². The zero-order valence-electron chi connectivity index (χ0n) is 23.3. The Bertz CT molecular complexity index is 1540. The van der Waals surface area contributed by atoms with Crippen LogP contribution in [0.25, 0.3) is 16.8 Å². The second-order valence-electron chi connectivity index (χ2n) is 12.7. The number of benzene rings is 2. The molecule has 1 unspecified atom stereocenters. The minimum Gasteiger partial charge on any atom is -0.444 e. The molecule has 0 aliphatic carbocycles. The Balaban J connectivity index is 1.76. The molecule has 0 N–H and O–H groups in total. The molecule has 37 heavy (non-hydrogen) atoms. The van der Waals surface area contributed by atoms with Gasteiger partial charge < -0.3 is 4.74 Å². The fraction of sp³-hybridized carbons (Fsp3) is 0.324. The van der Waals surface area contributed by atoms with Gasteiger partial charge in [-0.1, -0.05) is 72.4 Å². The number of allylic oxidation sites excluding steroid dienone is 4. The second kappa shape index (κ2) is 7.79. The molecule has 0 saturated heterocycles. The molecule has 188 valence electrons. The predicted octanol–water partition coefficient (Wildman–Crippen LogP) is 8.68. The van der Waals surface area contributed by atoms with Gasteiger partial charge in [0, 0.05) is 18.6 Å². The van der Waals surface area contributed by atoms with Crippen LogP contribution in [0.2, 0.25) is 0 Å². The van der Waals surface area contributed by atoms with E-state index in [1.165, 1.54) is 50.5 Å². The summed E-state index contributed by atoms with van der Waals surface area (Å²) in [6.45, 7) is 21.2. The highest BCUT2D eigenvalue weighted by Crippen LogP contribution is 2.61. The first-order valence-corrected chi connectivity index (χ1v) is 13.4. The van der Waals surface area contributed by atoms with E-state index < -0.39 is 0 Å². The van der Waals surface area contributed by atoms with Crippen LogP contribution < -0.4 is 14.0 Å². The van der Waals surface area contributed by atoms with Crippen molar-refractivity contribution in [1.82, 2.24) is 4.59 Å². The molecule has 3 heteroatoms. The maximum atomic E-state index is 6.81. The summed E-state index contributed by atoms with van der Waals surface area (Å²) in [5.74, 6) is 1.91. The van der Waals surface area contributed by atoms with Crippen molar-refractivity contribution < 1.29 is 9.41 Å². The molecule has 1 aromatic heterocycles. The van der Waals surface area contributed by atoms with E-state index >= 15 is 0 Å². The summed E-state index contributed by atoms with van der Waals surface area (Å²) in [4.78, 5) is 0. The molecular weight excluding hydrogens is 452 g/mol. The fourth-order valence-electron chi connectivity index (χ4n) is 6.16. The average Bonchev–Trinajstić information content (AvgIpc) is 3.05. The standard InChI is InChI=1S/C34H38N2O/c1-9-10-12-25-22(2)16-18-36-31-26(25)13-11-14-29(31)37-30-21-24(34(6,7)8)19-27(32(30)36)28-20-23(33(3,4)5)15-17-35(28)36/h9-15,17,19-21H,2,16,18H2,1,3-8H3/q+2/b10-9-,25-12+. The number of para-hydroxylation sites is 1. The summed E-state index contributed by atoms with van der Waals surface area (Å²) in [6, 6.07) is 15.9. The highest BCUT2D eigenvalue weighted by molar-refractivity contribution is 5.95. The van der Waals surface area contributed by atoms with E-state index in [1.54, 1.807) is 0 Å². The molecule has 0 radical (unpaired) electrons. The van der Waals surface area contributed by atoms with E-state index in [4.69, 9.17) is 4.74 Å². The molecule has 3 nitrogen and oxygen atoms in total. The van der Waals surface area contributed by atoms with Crippen molar-refractivity contribution in [3.8, 4) is 22.8 Å². The third kappa shape index (κ3) is 3.33. The molecule has 1 atom stereocenters. The van der Waals surface area contributed by atoms with Gasteiger partial charge in [-0.25, -0.2) is 0 Å². The number of hydrogen-bond acceptors (Lipinski definition) is 1. The lowest BCUT2D eigenvalue weighted by atomic mass is 9.84. The van der Waals surface area contributed by atoms with Crippen LogP contribution in [0.15, 0.2) is 79.0 Å². The van der Waals surface area contributed by atoms with Gasteiger partial charge in [0.1, 0.15) is 12.1 Å². The highest BCUT2D eigenvalue weighted by Gasteiger charge is 2.61. The monoisotopic (exact) mass is 490 g/mol. The summed E-state index contributed by atoms with van der Waals surface area (Å²) in [5, 5.41) is 0. The Morgan fingerprint density at radius 3 is 2.32 bits per heavy atom. The normalized spacial score (nSPS) is 20.9. The molecule has 2 aromatic carbocycles. The molecule has 3 aliphatic heterocycles. The SMILES string of the molecule is C=C1CC[N+]23c4c(cccc4/C1=C/C=C\C)Oc1cc(C(C)(C)C)cc(c12)-c1cc(C(C)(C)C)cc[n+]13. The number of pyridine rings is 1. The minimum atomic E-state index is 0.00632. The lowest BCUT2D eigenvalue weighted by molar-refractivity contribution is -0.780. The number of quaternary nitrogens is 1. The zero-order valence-corrected chi connectivity index (χ0v) is 23.3. The van der Waals surface area contributed by atoms with Crippen LogP contribution >= 0.6 is 0 Å². The lowest BCUT2D eigenvalue weighted by Gasteiger charge is -2.33. The summed E-state index contributed by atoms with van der Waals surface area (Å²) in [6.07, 6.45) is 9.62. The van der Waals surface area contributed by atoms with Gasteiger partial charge in [0.05, 0.1) is 5.56 Å². The first-order chi connectivity index (χ1) is 17.5. The molecule has 3 aromatic rings. The molecule has 4 heterocycles. The van der Waals surface area contributed by atoms with E-state index in [0.717, 1.165) is 24.5 Å². The Morgan fingerprint density at radius 2 is 1.62 bits per heavy atom. The quantitative estimate of drug-likeness (QED) is 0.246. The number of rotatable bonds is 1. The van der Waals surface area contributed by atoms with Crippen LogP contribution in [0, 0.1) is 0 Å². The smallest absolute Gasteiger partial charge is 0.280 e. The molecule has 3 aliphatic rings. The van der Waals surface area contributed by atoms with Gasteiger partial charge in [-0.15, -0.1) is 0 Å². The van der Waals surface area contributed by atoms with Crippen LogP contribution in [0.3, 0.4) is 0 Å². The Hall–Kier alpha value is -3.43. The maximum absolute atomic E-state index is 6.81. The largest absolute Gasteiger partial charge is 0.444 e. The Morgan fingerprint density at radius 1 is 0.892 bits per heavy atom. The minimum absolute atomic E-state index is 0.00632. The van der Waals surface area contributed by atoms with Gasteiger partial charge in [0.25, 0.3) is 11.4 Å². The third-order valence-corrected chi connectivity index (χ3v) is 8.21. The van der Waals surface area contributed by atoms with E-state index in [2.05, 4.69) is 127 Å². The third-order valence-electron chi connectivity index (χ3n) is 8.21. The Kier molecular flexibility index (Phi) is 5.04. The number of fused-ring (bicyclic) bond motifs is 2. The first-order valence-electron chi connectivity index (χ1n) is 13.4. The Labute approximate surface area is 221 Å². The number of nitrogens with zero attached hydrogens (tertiary/aromatic N) is 2. The molecule has 0 fully saturated rings. The van der Waals surface area contributed by atoms with Crippen LogP contribution in [-0.4, -0.2) is 6.54 Å². The van der Waals surface area contributed by atoms with Gasteiger partial charge in [0.15, 0.2) is 11.5 Å². The van der Waals surface area contributed by atoms with Crippen LogP contribution in [0.1, 0.15) is 71.6 Å². The van der Waals surface area contributed by atoms with Gasteiger partial charge in [0.2, 0.25) is 11.9 Å². The van der Waals surface area contributed by atoms with Gasteiger partial charge in [-0.2, -0.15) is 0 Å². The topological polar surface area (TPSA) is 13.1 Å². The van der Waals surface area contributed by atoms with Crippen molar-refractivity contribution in [3.05, 3.63) is 95.7 Å². The molecule has 0 saturated carbocycles. The molecule has 0 bridgehead atoms. The van der Waals surface area contributed by atoms with Crippen LogP contribution in [0.4, 0.5) is 11.4 Å². The van der Waals surface area contributed by atoms with Crippen molar-refractivity contribution in [3.63, 3.8) is 0 Å². The van der Waals surface area contributed by atoms with Gasteiger partial charge in [-0.05, 0) is 73.6 Å². The van der Waals surface area contributed by atoms with Gasteiger partial charge in [-0.3, -0.25) is 0 Å². The lowest BCUT2D eigenvalue weighted by Crippen LogP contribution is -2.67. The average molecular weight is 491 g/mol. The predicted molar refractivity (Wildman–Crippen MR) is 154 cm³/mol. The van der Waals surface area contributed by atoms with Crippen molar-refractivity contribution in [2.24, 2.45) is 0 Å². The van der Waals surface area contributed by atoms with E-state index in [1.807, 2.05) is 0 Å². The van der Waals surface area contributed by atoms with Crippen molar-refractivity contribution >= 4 is 16.9 Å². The molecular formula is C34H38N2O+2. The van der Waals surface area contributed by atoms with Gasteiger partial charge >= 0.3 is 0 Å². The summed E-state index contributed by atoms with van der Waals surface area (Å²) < 4.78 is 9.92. The van der Waals surface area contributed by atoms with Crippen molar-refractivity contribution in [2.45, 2.75) is 65.7 Å². The highest BCUT2D eigenvalue weighted by atomic mass is 16.5. The number of hydrogen-bond donors (Lipinski definition) is 0. The summed E-state index contributed by atoms with van der Waals surface area (Å²) >= 11 is 0. The molecule has 1 spiro atoms. The number of aromatic nitrogens is 1. The summed E-state index contributed by atoms with van der Waals surface area (Å²) in [7, 11) is 0. The fourth-order valence-corrected chi connectivity index (χ4v) is 6.16. The zero-order chi connectivity index (χ0) is 26.3. The van der Waals surface area contributed by atoms with Crippen LogP contribution in [-0.2, 0) is 10.8 Å². The summed E-state index contributed by atoms with van der Waals surface area (Å²) in [5.41, 5.74) is 11.3.